The lowest BCUT2D eigenvalue weighted by Crippen LogP contribution is -2.48. The molecule has 0 aromatic heterocycles. The number of allylic oxidation sites excluding steroid dienone is 1. The number of carbonyl (C=O) groups is 1. The predicted molar refractivity (Wildman–Crippen MR) is 132 cm³/mol. The van der Waals surface area contributed by atoms with Crippen LogP contribution in [-0.2, 0) is 10.5 Å². The number of amides is 1. The first-order valence-electron chi connectivity index (χ1n) is 11.3. The molecule has 2 aromatic rings. The summed E-state index contributed by atoms with van der Waals surface area (Å²) < 4.78 is 21.9. The number of hydrogen-bond acceptors (Lipinski definition) is 8. The normalized spacial score (nSPS) is 21.4. The summed E-state index contributed by atoms with van der Waals surface area (Å²) in [5.74, 6) is 1.60. The van der Waals surface area contributed by atoms with Crippen LogP contribution in [0.3, 0.4) is 0 Å². The van der Waals surface area contributed by atoms with Crippen LogP contribution in [0, 0.1) is 11.3 Å². The molecule has 2 atom stereocenters. The van der Waals surface area contributed by atoms with Gasteiger partial charge < -0.3 is 24.1 Å². The first-order chi connectivity index (χ1) is 16.9. The van der Waals surface area contributed by atoms with Crippen LogP contribution in [0.15, 0.2) is 47.0 Å². The van der Waals surface area contributed by atoms with Crippen molar-refractivity contribution in [1.29, 1.82) is 5.26 Å². The van der Waals surface area contributed by atoms with Crippen LogP contribution in [-0.4, -0.2) is 49.6 Å². The number of ether oxygens (including phenoxy) is 4. The van der Waals surface area contributed by atoms with Crippen LogP contribution in [0.25, 0.3) is 0 Å². The lowest BCUT2D eigenvalue weighted by Gasteiger charge is -2.38. The second-order valence-electron chi connectivity index (χ2n) is 8.25. The molecule has 1 N–H and O–H groups in total. The maximum Gasteiger partial charge on any atom is 0.231 e. The monoisotopic (exact) mass is 496 g/mol. The van der Waals surface area contributed by atoms with Gasteiger partial charge in [-0.25, -0.2) is 0 Å². The summed E-state index contributed by atoms with van der Waals surface area (Å²) >= 11 is 1.29. The predicted octanol–water partition coefficient (Wildman–Crippen LogP) is 4.14. The molecule has 1 amide bonds. The van der Waals surface area contributed by atoms with Crippen molar-refractivity contribution in [2.75, 3.05) is 33.7 Å². The summed E-state index contributed by atoms with van der Waals surface area (Å²) in [4.78, 5) is 14.8. The van der Waals surface area contributed by atoms with Crippen LogP contribution in [0.2, 0.25) is 0 Å². The Morgan fingerprint density at radius 2 is 1.77 bits per heavy atom. The van der Waals surface area contributed by atoms with Crippen LogP contribution in [0.4, 0.5) is 0 Å². The molecule has 2 aliphatic heterocycles. The summed E-state index contributed by atoms with van der Waals surface area (Å²) in [6.07, 6.45) is 0.906. The van der Waals surface area contributed by atoms with Gasteiger partial charge in [0.05, 0.1) is 50.4 Å². The Bertz CT molecular complexity index is 1210. The largest absolute Gasteiger partial charge is 0.493 e. The fourth-order valence-electron chi connectivity index (χ4n) is 4.44. The number of thioether (sulfide) groups is 1. The molecule has 4 rings (SSSR count). The molecule has 0 spiro atoms. The Labute approximate surface area is 209 Å². The van der Waals surface area contributed by atoms with Crippen molar-refractivity contribution in [3.8, 4) is 29.1 Å². The molecule has 2 aromatic carbocycles. The molecule has 0 bridgehead atoms. The third-order valence-electron chi connectivity index (χ3n) is 6.21. The van der Waals surface area contributed by atoms with Gasteiger partial charge in [0.25, 0.3) is 0 Å². The first kappa shape index (κ1) is 24.8. The van der Waals surface area contributed by atoms with Crippen LogP contribution in [0.1, 0.15) is 36.8 Å². The average molecular weight is 497 g/mol. The van der Waals surface area contributed by atoms with E-state index in [1.165, 1.54) is 30.9 Å². The van der Waals surface area contributed by atoms with Gasteiger partial charge in [0, 0.05) is 17.9 Å². The van der Waals surface area contributed by atoms with Gasteiger partial charge in [-0.2, -0.15) is 5.26 Å². The van der Waals surface area contributed by atoms with E-state index in [1.807, 2.05) is 25.1 Å². The molecule has 0 aliphatic carbocycles. The quantitative estimate of drug-likeness (QED) is 0.582. The van der Waals surface area contributed by atoms with E-state index in [1.54, 1.807) is 25.3 Å². The second-order valence-corrected chi connectivity index (χ2v) is 9.21. The molecule has 35 heavy (non-hydrogen) atoms. The lowest BCUT2D eigenvalue weighted by molar-refractivity contribution is -0.149. The highest BCUT2D eigenvalue weighted by atomic mass is 32.2. The summed E-state index contributed by atoms with van der Waals surface area (Å²) in [6.45, 7) is 2.58. The van der Waals surface area contributed by atoms with Crippen molar-refractivity contribution >= 4 is 17.7 Å². The topological polar surface area (TPSA) is 101 Å². The van der Waals surface area contributed by atoms with Gasteiger partial charge in [-0.05, 0) is 36.2 Å². The van der Waals surface area contributed by atoms with Gasteiger partial charge in [-0.3, -0.25) is 9.69 Å². The van der Waals surface area contributed by atoms with Gasteiger partial charge in [0.2, 0.25) is 5.91 Å². The highest BCUT2D eigenvalue weighted by Crippen LogP contribution is 2.52. The standard InChI is InChI=1S/C26H28N2O6S/c1-5-10-34-21-8-6-16(11-22(21)32-3)18-13-24(29)28-25(19(18)14-27)35-15-26(28,30)17-7-9-20(31-2)23(12-17)33-4/h6-9,11-12,18,30H,5,10,13,15H2,1-4H3/t18-,26-/m0/s1. The van der Waals surface area contributed by atoms with Crippen LogP contribution >= 0.6 is 11.8 Å². The van der Waals surface area contributed by atoms with Gasteiger partial charge in [0.1, 0.15) is 0 Å². The number of methoxy groups -OCH3 is 3. The van der Waals surface area contributed by atoms with E-state index in [0.29, 0.717) is 45.8 Å². The fourth-order valence-corrected chi connectivity index (χ4v) is 5.80. The Hall–Kier alpha value is -3.35. The Balaban J connectivity index is 1.74. The zero-order valence-corrected chi connectivity index (χ0v) is 21.0. The van der Waals surface area contributed by atoms with Gasteiger partial charge >= 0.3 is 0 Å². The lowest BCUT2D eigenvalue weighted by atomic mass is 9.85. The third kappa shape index (κ3) is 4.28. The molecule has 184 valence electrons. The highest BCUT2D eigenvalue weighted by molar-refractivity contribution is 8.03. The molecule has 1 fully saturated rings. The summed E-state index contributed by atoms with van der Waals surface area (Å²) in [5.41, 5.74) is 0.0974. The van der Waals surface area contributed by atoms with Gasteiger partial charge in [0.15, 0.2) is 28.7 Å². The summed E-state index contributed by atoms with van der Waals surface area (Å²) in [7, 11) is 4.60. The number of fused-ring (bicyclic) bond motifs is 1. The number of rotatable bonds is 8. The third-order valence-corrected chi connectivity index (χ3v) is 7.43. The number of hydrogen-bond donors (Lipinski definition) is 1. The molecule has 1 saturated heterocycles. The second kappa shape index (κ2) is 10.1. The first-order valence-corrected chi connectivity index (χ1v) is 12.3. The average Bonchev–Trinajstić information content (AvgIpc) is 3.25. The molecule has 2 aliphatic rings. The maximum absolute atomic E-state index is 13.4. The minimum Gasteiger partial charge on any atom is -0.493 e. The zero-order valence-electron chi connectivity index (χ0n) is 20.2. The van der Waals surface area contributed by atoms with Gasteiger partial charge in [-0.1, -0.05) is 19.1 Å². The minimum atomic E-state index is -1.61. The van der Waals surface area contributed by atoms with Crippen molar-refractivity contribution in [3.63, 3.8) is 0 Å². The number of nitriles is 1. The molecule has 0 saturated carbocycles. The zero-order chi connectivity index (χ0) is 25.2. The van der Waals surface area contributed by atoms with Crippen LogP contribution < -0.4 is 18.9 Å². The molecular weight excluding hydrogens is 468 g/mol. The van der Waals surface area contributed by atoms with E-state index in [2.05, 4.69) is 6.07 Å². The van der Waals surface area contributed by atoms with E-state index in [-0.39, 0.29) is 18.1 Å². The molecule has 9 heteroatoms. The molecule has 0 unspecified atom stereocenters. The smallest absolute Gasteiger partial charge is 0.231 e. The summed E-state index contributed by atoms with van der Waals surface area (Å²) in [5, 5.41) is 22.3. The number of carbonyl (C=O) groups excluding carboxylic acids is 1. The van der Waals surface area contributed by atoms with E-state index in [4.69, 9.17) is 18.9 Å². The summed E-state index contributed by atoms with van der Waals surface area (Å²) in [6, 6.07) is 12.8. The molecule has 2 heterocycles. The van der Waals surface area contributed by atoms with E-state index in [0.717, 1.165) is 12.0 Å². The number of aliphatic hydroxyl groups is 1. The highest BCUT2D eigenvalue weighted by Gasteiger charge is 2.52. The van der Waals surface area contributed by atoms with E-state index >= 15 is 0 Å². The van der Waals surface area contributed by atoms with Crippen molar-refractivity contribution in [2.45, 2.75) is 31.4 Å². The number of nitrogens with zero attached hydrogens (tertiary/aromatic N) is 2. The van der Waals surface area contributed by atoms with Gasteiger partial charge in [-0.15, -0.1) is 11.8 Å². The Morgan fingerprint density at radius 1 is 1.09 bits per heavy atom. The van der Waals surface area contributed by atoms with Crippen molar-refractivity contribution in [1.82, 2.24) is 4.90 Å². The molecule has 8 nitrogen and oxygen atoms in total. The van der Waals surface area contributed by atoms with Crippen molar-refractivity contribution in [3.05, 3.63) is 58.1 Å². The SMILES string of the molecule is CCCOc1ccc([C@@H]2CC(=O)N3C(=C2C#N)SC[C@]3(O)c2ccc(OC)c(OC)c2)cc1OC. The fraction of sp³-hybridized carbons (Fsp3) is 0.385. The number of benzene rings is 2. The van der Waals surface area contributed by atoms with Crippen molar-refractivity contribution in [2.24, 2.45) is 0 Å². The Kier molecular flexibility index (Phi) is 7.15. The van der Waals surface area contributed by atoms with Crippen LogP contribution in [0.5, 0.6) is 23.0 Å². The van der Waals surface area contributed by atoms with E-state index in [9.17, 15) is 15.2 Å². The molecule has 0 radical (unpaired) electrons. The Morgan fingerprint density at radius 3 is 2.43 bits per heavy atom. The van der Waals surface area contributed by atoms with E-state index < -0.39 is 11.6 Å². The molecular formula is C26H28N2O6S. The minimum absolute atomic E-state index is 0.0425. The van der Waals surface area contributed by atoms with Crippen molar-refractivity contribution < 1.29 is 28.8 Å². The maximum atomic E-state index is 13.4.